The number of aromatic nitrogens is 2. The Bertz CT molecular complexity index is 915. The number of phenolic OH excluding ortho intramolecular Hbond substituents is 2. The lowest BCUT2D eigenvalue weighted by Crippen LogP contribution is -2.25. The van der Waals surface area contributed by atoms with Crippen molar-refractivity contribution in [2.24, 2.45) is 0 Å². The first kappa shape index (κ1) is 13.4. The third-order valence-electron chi connectivity index (χ3n) is 3.54. The van der Waals surface area contributed by atoms with Gasteiger partial charge in [-0.05, 0) is 6.92 Å². The van der Waals surface area contributed by atoms with Gasteiger partial charge in [0, 0.05) is 17.3 Å². The minimum atomic E-state index is -0.401. The van der Waals surface area contributed by atoms with Gasteiger partial charge in [0.2, 0.25) is 0 Å². The molecule has 0 spiro atoms. The zero-order chi connectivity index (χ0) is 15.1. The molecule has 0 saturated carbocycles. The second kappa shape index (κ2) is 4.75. The Morgan fingerprint density at radius 2 is 1.76 bits per heavy atom. The zero-order valence-electron chi connectivity index (χ0n) is 11.4. The van der Waals surface area contributed by atoms with Crippen LogP contribution in [0.15, 0.2) is 29.1 Å². The van der Waals surface area contributed by atoms with Crippen molar-refractivity contribution in [2.45, 2.75) is 13.5 Å². The quantitative estimate of drug-likeness (QED) is 0.487. The van der Waals surface area contributed by atoms with Gasteiger partial charge in [0.05, 0.1) is 6.61 Å². The molecule has 0 aliphatic rings. The van der Waals surface area contributed by atoms with Gasteiger partial charge in [-0.15, -0.1) is 0 Å². The van der Waals surface area contributed by atoms with E-state index in [9.17, 15) is 15.0 Å². The van der Waals surface area contributed by atoms with Crippen molar-refractivity contribution in [3.8, 4) is 11.5 Å². The summed E-state index contributed by atoms with van der Waals surface area (Å²) in [5.74, 6) is -0.218. The molecule has 6 nitrogen and oxygen atoms in total. The van der Waals surface area contributed by atoms with E-state index in [0.717, 1.165) is 0 Å². The van der Waals surface area contributed by atoms with Gasteiger partial charge in [-0.3, -0.25) is 9.36 Å². The van der Waals surface area contributed by atoms with E-state index in [1.54, 1.807) is 24.3 Å². The topological polar surface area (TPSA) is 95.6 Å². The van der Waals surface area contributed by atoms with Crippen molar-refractivity contribution in [2.75, 3.05) is 6.61 Å². The van der Waals surface area contributed by atoms with Crippen LogP contribution in [0.3, 0.4) is 0 Å². The molecule has 0 fully saturated rings. The summed E-state index contributed by atoms with van der Waals surface area (Å²) in [6.45, 7) is 1.29. The molecule has 0 bridgehead atoms. The first-order valence-corrected chi connectivity index (χ1v) is 6.51. The number of fused-ring (bicyclic) bond motifs is 2. The highest BCUT2D eigenvalue weighted by atomic mass is 16.3. The number of benzene rings is 2. The van der Waals surface area contributed by atoms with E-state index in [1.165, 1.54) is 11.5 Å². The number of hydrogen-bond acceptors (Lipinski definition) is 5. The van der Waals surface area contributed by atoms with Crippen LogP contribution in [0.2, 0.25) is 0 Å². The Balaban J connectivity index is 2.63. The summed E-state index contributed by atoms with van der Waals surface area (Å²) >= 11 is 0. The van der Waals surface area contributed by atoms with Crippen LogP contribution >= 0.6 is 0 Å². The molecule has 2 aromatic carbocycles. The number of hydrogen-bond donors (Lipinski definition) is 3. The third kappa shape index (κ3) is 1.84. The lowest BCUT2D eigenvalue weighted by molar-refractivity contribution is 0.275. The standard InChI is InChI=1S/C15H14N2O4/c1-8-15(21)17(6-7-18)12-11(16-8)13(19)9-4-2-3-5-10(9)14(12)20/h2-5,18-20H,6-7H2,1H3. The second-order valence-corrected chi connectivity index (χ2v) is 4.82. The lowest BCUT2D eigenvalue weighted by Gasteiger charge is -2.14. The van der Waals surface area contributed by atoms with E-state index in [4.69, 9.17) is 5.11 Å². The van der Waals surface area contributed by atoms with Gasteiger partial charge in [0.25, 0.3) is 5.56 Å². The fraction of sp³-hybridized carbons (Fsp3) is 0.200. The summed E-state index contributed by atoms with van der Waals surface area (Å²) in [4.78, 5) is 16.3. The second-order valence-electron chi connectivity index (χ2n) is 4.82. The van der Waals surface area contributed by atoms with Crippen molar-refractivity contribution in [1.29, 1.82) is 0 Å². The Labute approximate surface area is 119 Å². The molecule has 21 heavy (non-hydrogen) atoms. The van der Waals surface area contributed by atoms with Crippen LogP contribution in [0.1, 0.15) is 5.69 Å². The number of phenols is 2. The Morgan fingerprint density at radius 1 is 1.14 bits per heavy atom. The molecule has 0 atom stereocenters. The Morgan fingerprint density at radius 3 is 2.38 bits per heavy atom. The maximum atomic E-state index is 12.2. The molecule has 3 N–H and O–H groups in total. The fourth-order valence-corrected chi connectivity index (χ4v) is 2.56. The molecule has 108 valence electrons. The van der Waals surface area contributed by atoms with Gasteiger partial charge in [-0.1, -0.05) is 24.3 Å². The molecule has 3 rings (SSSR count). The molecule has 0 unspecified atom stereocenters. The van der Waals surface area contributed by atoms with Crippen molar-refractivity contribution < 1.29 is 15.3 Å². The van der Waals surface area contributed by atoms with Crippen LogP contribution in [0.5, 0.6) is 11.5 Å². The predicted molar refractivity (Wildman–Crippen MR) is 78.7 cm³/mol. The predicted octanol–water partition coefficient (Wildman–Crippen LogP) is 1.26. The number of nitrogens with zero attached hydrogens (tertiary/aromatic N) is 2. The van der Waals surface area contributed by atoms with Gasteiger partial charge >= 0.3 is 0 Å². The van der Waals surface area contributed by atoms with Gasteiger partial charge in [0.1, 0.15) is 22.5 Å². The molecule has 1 aromatic heterocycles. The summed E-state index contributed by atoms with van der Waals surface area (Å²) in [7, 11) is 0. The first-order valence-electron chi connectivity index (χ1n) is 6.51. The minimum absolute atomic E-state index is 0.0179. The highest BCUT2D eigenvalue weighted by molar-refractivity contribution is 6.07. The number of aromatic hydroxyl groups is 2. The van der Waals surface area contributed by atoms with Crippen LogP contribution in [0, 0.1) is 6.92 Å². The van der Waals surface area contributed by atoms with Crippen molar-refractivity contribution >= 4 is 21.8 Å². The molecule has 0 aliphatic carbocycles. The van der Waals surface area contributed by atoms with Gasteiger partial charge in [-0.2, -0.15) is 0 Å². The molecule has 0 aliphatic heterocycles. The van der Waals surface area contributed by atoms with E-state index in [1.807, 2.05) is 0 Å². The van der Waals surface area contributed by atoms with Gasteiger partial charge < -0.3 is 15.3 Å². The summed E-state index contributed by atoms with van der Waals surface area (Å²) in [6, 6.07) is 6.78. The first-order chi connectivity index (χ1) is 10.1. The summed E-state index contributed by atoms with van der Waals surface area (Å²) in [6.07, 6.45) is 0. The Hall–Kier alpha value is -2.60. The van der Waals surface area contributed by atoms with Gasteiger partial charge in [0.15, 0.2) is 5.75 Å². The fourth-order valence-electron chi connectivity index (χ4n) is 2.56. The maximum absolute atomic E-state index is 12.2. The highest BCUT2D eigenvalue weighted by Gasteiger charge is 2.18. The molecular formula is C15H14N2O4. The van der Waals surface area contributed by atoms with E-state index in [-0.39, 0.29) is 41.4 Å². The van der Waals surface area contributed by atoms with Crippen molar-refractivity contribution in [3.63, 3.8) is 0 Å². The molecular weight excluding hydrogens is 272 g/mol. The Kier molecular flexibility index (Phi) is 3.03. The molecule has 0 saturated heterocycles. The average Bonchev–Trinajstić information content (AvgIpc) is 2.49. The smallest absolute Gasteiger partial charge is 0.272 e. The molecule has 3 aromatic rings. The van der Waals surface area contributed by atoms with E-state index < -0.39 is 5.56 Å². The number of aliphatic hydroxyl groups is 1. The maximum Gasteiger partial charge on any atom is 0.272 e. The SMILES string of the molecule is Cc1nc2c(O)c3ccccc3c(O)c2n(CCO)c1=O. The molecule has 0 amide bonds. The number of rotatable bonds is 2. The van der Waals surface area contributed by atoms with Crippen molar-refractivity contribution in [3.05, 3.63) is 40.3 Å². The van der Waals surface area contributed by atoms with Crippen LogP contribution in [0.4, 0.5) is 0 Å². The van der Waals surface area contributed by atoms with E-state index in [0.29, 0.717) is 10.8 Å². The average molecular weight is 286 g/mol. The molecule has 0 radical (unpaired) electrons. The summed E-state index contributed by atoms with van der Waals surface area (Å²) in [5, 5.41) is 30.9. The monoisotopic (exact) mass is 286 g/mol. The van der Waals surface area contributed by atoms with Crippen LogP contribution in [-0.4, -0.2) is 31.5 Å². The zero-order valence-corrected chi connectivity index (χ0v) is 11.4. The molecule has 1 heterocycles. The van der Waals surface area contributed by atoms with E-state index >= 15 is 0 Å². The van der Waals surface area contributed by atoms with Crippen molar-refractivity contribution in [1.82, 2.24) is 9.55 Å². The largest absolute Gasteiger partial charge is 0.505 e. The number of aliphatic hydroxyl groups excluding tert-OH is 1. The number of aryl methyl sites for hydroxylation is 1. The van der Waals surface area contributed by atoms with E-state index in [2.05, 4.69) is 4.98 Å². The van der Waals surface area contributed by atoms with Gasteiger partial charge in [-0.25, -0.2) is 4.98 Å². The van der Waals surface area contributed by atoms with Crippen LogP contribution < -0.4 is 5.56 Å². The summed E-state index contributed by atoms with van der Waals surface area (Å²) in [5.41, 5.74) is 0.0788. The highest BCUT2D eigenvalue weighted by Crippen LogP contribution is 2.39. The normalized spacial score (nSPS) is 11.3. The third-order valence-corrected chi connectivity index (χ3v) is 3.54. The van der Waals surface area contributed by atoms with Crippen LogP contribution in [0.25, 0.3) is 21.8 Å². The lowest BCUT2D eigenvalue weighted by atomic mass is 10.1. The van der Waals surface area contributed by atoms with Crippen LogP contribution in [-0.2, 0) is 6.54 Å². The summed E-state index contributed by atoms with van der Waals surface area (Å²) < 4.78 is 1.24. The minimum Gasteiger partial charge on any atom is -0.505 e. The molecule has 6 heteroatoms.